The molecule has 0 aliphatic carbocycles. The number of amides is 1. The van der Waals surface area contributed by atoms with Crippen molar-refractivity contribution in [2.24, 2.45) is 0 Å². The second-order valence-corrected chi connectivity index (χ2v) is 9.15. The van der Waals surface area contributed by atoms with E-state index in [1.54, 1.807) is 17.0 Å². The molecule has 0 saturated carbocycles. The van der Waals surface area contributed by atoms with Crippen molar-refractivity contribution >= 4 is 27.3 Å². The van der Waals surface area contributed by atoms with Gasteiger partial charge in [0.2, 0.25) is 5.09 Å². The zero-order valence-electron chi connectivity index (χ0n) is 16.3. The minimum atomic E-state index is -3.70. The van der Waals surface area contributed by atoms with E-state index in [4.69, 9.17) is 4.42 Å². The molecule has 4 rings (SSSR count). The third-order valence-electron chi connectivity index (χ3n) is 5.44. The maximum Gasteiger partial charge on any atom is 0.289 e. The Morgan fingerprint density at radius 2 is 1.57 bits per heavy atom. The Morgan fingerprint density at radius 1 is 0.933 bits per heavy atom. The van der Waals surface area contributed by atoms with Crippen LogP contribution in [-0.2, 0) is 10.0 Å². The third kappa shape index (κ3) is 3.90. The zero-order valence-corrected chi connectivity index (χ0v) is 17.1. The first kappa shape index (κ1) is 20.4. The Morgan fingerprint density at radius 3 is 2.17 bits per heavy atom. The summed E-state index contributed by atoms with van der Waals surface area (Å²) < 4.78 is 31.9. The normalized spacial score (nSPS) is 18.0. The number of carbonyl (C=O) groups is 1. The molecule has 0 radical (unpaired) electrons. The van der Waals surface area contributed by atoms with E-state index < -0.39 is 14.9 Å². The number of hydrogen-bond donors (Lipinski definition) is 0. The van der Waals surface area contributed by atoms with E-state index >= 15 is 0 Å². The molecule has 2 aliphatic rings. The lowest BCUT2D eigenvalue weighted by atomic mass is 10.2. The molecule has 0 spiro atoms. The van der Waals surface area contributed by atoms with Crippen LogP contribution in [0.1, 0.15) is 23.4 Å². The Hall–Kier alpha value is -2.92. The van der Waals surface area contributed by atoms with Gasteiger partial charge in [-0.3, -0.25) is 14.9 Å². The molecule has 160 valence electrons. The van der Waals surface area contributed by atoms with E-state index in [1.165, 1.54) is 28.6 Å². The Kier molecular flexibility index (Phi) is 5.48. The van der Waals surface area contributed by atoms with Gasteiger partial charge in [0.15, 0.2) is 5.76 Å². The van der Waals surface area contributed by atoms with Gasteiger partial charge in [-0.05, 0) is 37.1 Å². The van der Waals surface area contributed by atoms with Crippen molar-refractivity contribution in [3.05, 3.63) is 52.3 Å². The number of anilines is 1. The van der Waals surface area contributed by atoms with Crippen LogP contribution in [0.3, 0.4) is 0 Å². The molecule has 30 heavy (non-hydrogen) atoms. The molecule has 11 heteroatoms. The number of piperazine rings is 1. The van der Waals surface area contributed by atoms with Gasteiger partial charge in [-0.1, -0.05) is 0 Å². The van der Waals surface area contributed by atoms with Crippen molar-refractivity contribution in [3.8, 4) is 0 Å². The standard InChI is InChI=1S/C19H22N4O6S/c24-19(17-7-8-18(29-17)30(27,28)22-9-1-2-10-22)21-13-11-20(12-14-21)15-3-5-16(6-4-15)23(25)26/h3-8H,1-2,9-14H2. The average Bonchev–Trinajstić information content (AvgIpc) is 3.46. The quantitative estimate of drug-likeness (QED) is 0.521. The molecule has 0 unspecified atom stereocenters. The predicted molar refractivity (Wildman–Crippen MR) is 108 cm³/mol. The first-order chi connectivity index (χ1) is 14.4. The number of rotatable bonds is 5. The fourth-order valence-electron chi connectivity index (χ4n) is 3.74. The molecule has 10 nitrogen and oxygen atoms in total. The number of sulfonamides is 1. The lowest BCUT2D eigenvalue weighted by Gasteiger charge is -2.35. The van der Waals surface area contributed by atoms with Crippen LogP contribution in [0.2, 0.25) is 0 Å². The minimum Gasteiger partial charge on any atom is -0.438 e. The van der Waals surface area contributed by atoms with E-state index in [1.807, 2.05) is 4.90 Å². The third-order valence-corrected chi connectivity index (χ3v) is 7.22. The van der Waals surface area contributed by atoms with Crippen LogP contribution in [0.25, 0.3) is 0 Å². The lowest BCUT2D eigenvalue weighted by Crippen LogP contribution is -2.48. The second-order valence-electron chi connectivity index (χ2n) is 7.28. The smallest absolute Gasteiger partial charge is 0.289 e. The topological polar surface area (TPSA) is 117 Å². The largest absolute Gasteiger partial charge is 0.438 e. The molecule has 1 aromatic carbocycles. The second kappa shape index (κ2) is 8.07. The molecule has 0 atom stereocenters. The van der Waals surface area contributed by atoms with Gasteiger partial charge in [-0.15, -0.1) is 0 Å². The molecule has 2 aromatic rings. The summed E-state index contributed by atoms with van der Waals surface area (Å²) in [6, 6.07) is 9.05. The van der Waals surface area contributed by atoms with Crippen molar-refractivity contribution in [1.29, 1.82) is 0 Å². The van der Waals surface area contributed by atoms with Gasteiger partial charge < -0.3 is 14.2 Å². The zero-order chi connectivity index (χ0) is 21.3. The average molecular weight is 434 g/mol. The molecule has 0 N–H and O–H groups in total. The molecule has 2 fully saturated rings. The monoisotopic (exact) mass is 434 g/mol. The molecule has 2 aliphatic heterocycles. The summed E-state index contributed by atoms with van der Waals surface area (Å²) in [7, 11) is -3.70. The molecule has 1 amide bonds. The number of benzene rings is 1. The number of hydrogen-bond acceptors (Lipinski definition) is 7. The van der Waals surface area contributed by atoms with Gasteiger partial charge in [0.25, 0.3) is 21.6 Å². The van der Waals surface area contributed by atoms with Gasteiger partial charge >= 0.3 is 0 Å². The van der Waals surface area contributed by atoms with Gasteiger partial charge in [0.1, 0.15) is 0 Å². The maximum atomic E-state index is 12.8. The van der Waals surface area contributed by atoms with Crippen LogP contribution in [0.5, 0.6) is 0 Å². The summed E-state index contributed by atoms with van der Waals surface area (Å²) in [4.78, 5) is 26.7. The van der Waals surface area contributed by atoms with Gasteiger partial charge in [-0.2, -0.15) is 4.31 Å². The van der Waals surface area contributed by atoms with Crippen molar-refractivity contribution in [1.82, 2.24) is 9.21 Å². The number of furan rings is 1. The molecule has 3 heterocycles. The minimum absolute atomic E-state index is 0.0107. The van der Waals surface area contributed by atoms with E-state index in [2.05, 4.69) is 0 Å². The van der Waals surface area contributed by atoms with Crippen LogP contribution < -0.4 is 4.90 Å². The van der Waals surface area contributed by atoms with E-state index in [0.717, 1.165) is 18.5 Å². The van der Waals surface area contributed by atoms with Crippen molar-refractivity contribution in [2.75, 3.05) is 44.2 Å². The maximum absolute atomic E-state index is 12.8. The van der Waals surface area contributed by atoms with Gasteiger partial charge in [-0.25, -0.2) is 8.42 Å². The van der Waals surface area contributed by atoms with Crippen LogP contribution in [0, 0.1) is 10.1 Å². The number of nitro groups is 1. The fraction of sp³-hybridized carbons (Fsp3) is 0.421. The van der Waals surface area contributed by atoms with Crippen LogP contribution in [0.15, 0.2) is 45.9 Å². The first-order valence-electron chi connectivity index (χ1n) is 9.75. The highest BCUT2D eigenvalue weighted by Gasteiger charge is 2.32. The summed E-state index contributed by atoms with van der Waals surface area (Å²) >= 11 is 0. The summed E-state index contributed by atoms with van der Waals surface area (Å²) in [5.41, 5.74) is 0.884. The summed E-state index contributed by atoms with van der Waals surface area (Å²) in [5.74, 6) is -0.335. The fourth-order valence-corrected chi connectivity index (χ4v) is 5.17. The van der Waals surface area contributed by atoms with Crippen LogP contribution >= 0.6 is 0 Å². The van der Waals surface area contributed by atoms with E-state index in [0.29, 0.717) is 39.3 Å². The number of nitro benzene ring substituents is 1. The van der Waals surface area contributed by atoms with Crippen molar-refractivity contribution in [2.45, 2.75) is 17.9 Å². The SMILES string of the molecule is O=C(c1ccc(S(=O)(=O)N2CCCC2)o1)N1CCN(c2ccc([N+](=O)[O-])cc2)CC1. The first-order valence-corrected chi connectivity index (χ1v) is 11.2. The molecule has 0 bridgehead atoms. The summed E-state index contributed by atoms with van der Waals surface area (Å²) in [6.07, 6.45) is 1.65. The molecule has 2 saturated heterocycles. The predicted octanol–water partition coefficient (Wildman–Crippen LogP) is 1.93. The number of nitrogens with zero attached hydrogens (tertiary/aromatic N) is 4. The molecular weight excluding hydrogens is 412 g/mol. The van der Waals surface area contributed by atoms with Gasteiger partial charge in [0.05, 0.1) is 4.92 Å². The van der Waals surface area contributed by atoms with Crippen molar-refractivity contribution in [3.63, 3.8) is 0 Å². The van der Waals surface area contributed by atoms with E-state index in [-0.39, 0.29) is 22.4 Å². The Balaban J connectivity index is 1.39. The van der Waals surface area contributed by atoms with Gasteiger partial charge in [0, 0.05) is 57.1 Å². The Bertz CT molecular complexity index is 1040. The highest BCUT2D eigenvalue weighted by Crippen LogP contribution is 2.24. The number of carbonyl (C=O) groups excluding carboxylic acids is 1. The number of non-ortho nitro benzene ring substituents is 1. The van der Waals surface area contributed by atoms with E-state index in [9.17, 15) is 23.3 Å². The highest BCUT2D eigenvalue weighted by molar-refractivity contribution is 7.89. The summed E-state index contributed by atoms with van der Waals surface area (Å²) in [6.45, 7) is 2.93. The van der Waals surface area contributed by atoms with Crippen LogP contribution in [0.4, 0.5) is 11.4 Å². The summed E-state index contributed by atoms with van der Waals surface area (Å²) in [5, 5.41) is 10.6. The molecule has 1 aromatic heterocycles. The lowest BCUT2D eigenvalue weighted by molar-refractivity contribution is -0.384. The van der Waals surface area contributed by atoms with Crippen molar-refractivity contribution < 1.29 is 22.6 Å². The Labute approximate surface area is 173 Å². The van der Waals surface area contributed by atoms with Crippen LogP contribution in [-0.4, -0.2) is 67.7 Å². The highest BCUT2D eigenvalue weighted by atomic mass is 32.2. The molecular formula is C19H22N4O6S.